The molecule has 0 aromatic heterocycles. The van der Waals surface area contributed by atoms with Crippen LogP contribution in [0.4, 0.5) is 0 Å². The summed E-state index contributed by atoms with van der Waals surface area (Å²) >= 11 is 10.6. The first-order valence-electron chi connectivity index (χ1n) is 4.43. The molecule has 1 heterocycles. The third-order valence-corrected chi connectivity index (χ3v) is 2.27. The maximum atomic E-state index is 11.4. The molecule has 78 valence electrons. The first-order chi connectivity index (χ1) is 6.59. The molecule has 0 aromatic carbocycles. The van der Waals surface area contributed by atoms with Gasteiger partial charge in [0.25, 0.3) is 0 Å². The van der Waals surface area contributed by atoms with E-state index in [-0.39, 0.29) is 22.6 Å². The molecule has 0 bridgehead atoms. The van der Waals surface area contributed by atoms with E-state index in [1.807, 2.05) is 0 Å². The Hall–Kier alpha value is -0.540. The molecule has 1 saturated heterocycles. The van der Waals surface area contributed by atoms with Gasteiger partial charge in [0, 0.05) is 19.2 Å². The van der Waals surface area contributed by atoms with Crippen LogP contribution >= 0.6 is 23.2 Å². The van der Waals surface area contributed by atoms with E-state index in [1.165, 1.54) is 0 Å². The molecular weight excluding hydrogens is 225 g/mol. The third kappa shape index (κ3) is 3.68. The van der Waals surface area contributed by atoms with Crippen LogP contribution < -0.4 is 0 Å². The second kappa shape index (κ2) is 5.37. The predicted octanol–water partition coefficient (Wildman–Crippen LogP) is 1.89. The summed E-state index contributed by atoms with van der Waals surface area (Å²) in [7, 11) is 0. The van der Waals surface area contributed by atoms with Gasteiger partial charge < -0.3 is 4.90 Å². The minimum atomic E-state index is -0.345. The molecule has 1 amide bonds. The number of ketones is 1. The van der Waals surface area contributed by atoms with Crippen LogP contribution in [0.1, 0.15) is 19.3 Å². The van der Waals surface area contributed by atoms with E-state index < -0.39 is 0 Å². The molecule has 5 heteroatoms. The molecule has 0 aromatic rings. The lowest BCUT2D eigenvalue weighted by molar-refractivity contribution is -0.133. The van der Waals surface area contributed by atoms with E-state index in [2.05, 4.69) is 0 Å². The van der Waals surface area contributed by atoms with E-state index in [1.54, 1.807) is 4.90 Å². The lowest BCUT2D eigenvalue weighted by atomic mass is 10.2. The summed E-state index contributed by atoms with van der Waals surface area (Å²) in [5.74, 6) is -0.486. The van der Waals surface area contributed by atoms with Crippen LogP contribution in [0.3, 0.4) is 0 Å². The highest BCUT2D eigenvalue weighted by atomic mass is 35.5. The minimum Gasteiger partial charge on any atom is -0.342 e. The molecule has 1 rings (SSSR count). The van der Waals surface area contributed by atoms with Gasteiger partial charge in [0.1, 0.15) is 4.49 Å². The van der Waals surface area contributed by atoms with Crippen molar-refractivity contribution >= 4 is 34.9 Å². The zero-order valence-electron chi connectivity index (χ0n) is 7.63. The van der Waals surface area contributed by atoms with Crippen molar-refractivity contribution in [3.8, 4) is 0 Å². The number of hydrogen-bond acceptors (Lipinski definition) is 2. The third-order valence-electron chi connectivity index (χ3n) is 2.05. The maximum Gasteiger partial charge on any atom is 0.230 e. The Kier molecular flexibility index (Phi) is 4.42. The number of allylic oxidation sites excluding steroid dienone is 1. The van der Waals surface area contributed by atoms with Gasteiger partial charge in [-0.15, -0.1) is 0 Å². The van der Waals surface area contributed by atoms with Crippen molar-refractivity contribution in [2.75, 3.05) is 13.1 Å². The summed E-state index contributed by atoms with van der Waals surface area (Å²) in [6.07, 6.45) is 2.97. The fourth-order valence-electron chi connectivity index (χ4n) is 1.40. The number of carbonyl (C=O) groups excluding carboxylic acids is 2. The Bertz CT molecular complexity index is 266. The van der Waals surface area contributed by atoms with Crippen molar-refractivity contribution in [1.82, 2.24) is 4.90 Å². The van der Waals surface area contributed by atoms with E-state index in [0.29, 0.717) is 0 Å². The highest BCUT2D eigenvalue weighted by molar-refractivity contribution is 6.56. The lowest BCUT2D eigenvalue weighted by Crippen LogP contribution is -2.29. The zero-order valence-corrected chi connectivity index (χ0v) is 9.14. The minimum absolute atomic E-state index is 0.107. The van der Waals surface area contributed by atoms with E-state index in [4.69, 9.17) is 23.2 Å². The monoisotopic (exact) mass is 235 g/mol. The van der Waals surface area contributed by atoms with Gasteiger partial charge in [0.15, 0.2) is 5.78 Å². The highest BCUT2D eigenvalue weighted by Gasteiger charge is 2.19. The molecule has 0 aliphatic carbocycles. The van der Waals surface area contributed by atoms with Crippen LogP contribution in [-0.4, -0.2) is 29.7 Å². The smallest absolute Gasteiger partial charge is 0.230 e. The van der Waals surface area contributed by atoms with Crippen LogP contribution in [0.25, 0.3) is 0 Å². The Morgan fingerprint density at radius 2 is 1.79 bits per heavy atom. The molecule has 0 atom stereocenters. The maximum absolute atomic E-state index is 11.4. The molecule has 14 heavy (non-hydrogen) atoms. The largest absolute Gasteiger partial charge is 0.342 e. The van der Waals surface area contributed by atoms with Gasteiger partial charge in [0.2, 0.25) is 5.91 Å². The van der Waals surface area contributed by atoms with Crippen LogP contribution in [0.2, 0.25) is 0 Å². The Balaban J connectivity index is 2.40. The van der Waals surface area contributed by atoms with Gasteiger partial charge in [-0.1, -0.05) is 23.2 Å². The predicted molar refractivity (Wildman–Crippen MR) is 55.2 cm³/mol. The number of amides is 1. The van der Waals surface area contributed by atoms with E-state index in [0.717, 1.165) is 32.0 Å². The first-order valence-corrected chi connectivity index (χ1v) is 5.18. The SMILES string of the molecule is O=C(C=C(Cl)Cl)CC(=O)N1CCCC1. The van der Waals surface area contributed by atoms with Gasteiger partial charge in [-0.2, -0.15) is 0 Å². The normalized spacial score (nSPS) is 15.4. The number of likely N-dealkylation sites (tertiary alicyclic amines) is 1. The zero-order chi connectivity index (χ0) is 10.6. The average Bonchev–Trinajstić information content (AvgIpc) is 2.53. The van der Waals surface area contributed by atoms with Crippen molar-refractivity contribution in [2.24, 2.45) is 0 Å². The number of carbonyl (C=O) groups is 2. The Morgan fingerprint density at radius 1 is 1.21 bits per heavy atom. The summed E-state index contributed by atoms with van der Waals surface area (Å²) in [5.41, 5.74) is 0. The van der Waals surface area contributed by atoms with Crippen molar-refractivity contribution in [3.63, 3.8) is 0 Å². The molecule has 3 nitrogen and oxygen atoms in total. The summed E-state index contributed by atoms with van der Waals surface area (Å²) in [4.78, 5) is 24.2. The summed E-state index contributed by atoms with van der Waals surface area (Å²) in [6.45, 7) is 1.51. The molecule has 0 radical (unpaired) electrons. The van der Waals surface area contributed by atoms with Crippen LogP contribution in [0.5, 0.6) is 0 Å². The molecule has 1 aliphatic rings. The van der Waals surface area contributed by atoms with Gasteiger partial charge in [-0.3, -0.25) is 9.59 Å². The molecule has 1 aliphatic heterocycles. The fraction of sp³-hybridized carbons (Fsp3) is 0.556. The molecule has 0 saturated carbocycles. The topological polar surface area (TPSA) is 37.4 Å². The van der Waals surface area contributed by atoms with Crippen molar-refractivity contribution in [3.05, 3.63) is 10.6 Å². The number of hydrogen-bond donors (Lipinski definition) is 0. The molecule has 0 spiro atoms. The molecule has 0 unspecified atom stereocenters. The van der Waals surface area contributed by atoms with Gasteiger partial charge in [-0.05, 0) is 12.8 Å². The first kappa shape index (κ1) is 11.5. The second-order valence-corrected chi connectivity index (χ2v) is 4.17. The van der Waals surface area contributed by atoms with Crippen molar-refractivity contribution in [1.29, 1.82) is 0 Å². The van der Waals surface area contributed by atoms with Gasteiger partial charge >= 0.3 is 0 Å². The van der Waals surface area contributed by atoms with Crippen molar-refractivity contribution < 1.29 is 9.59 Å². The summed E-state index contributed by atoms with van der Waals surface area (Å²) in [6, 6.07) is 0. The number of halogens is 2. The van der Waals surface area contributed by atoms with Crippen molar-refractivity contribution in [2.45, 2.75) is 19.3 Å². The highest BCUT2D eigenvalue weighted by Crippen LogP contribution is 2.11. The summed E-state index contributed by atoms with van der Waals surface area (Å²) < 4.78 is -0.107. The fourth-order valence-corrected chi connectivity index (χ4v) is 1.64. The van der Waals surface area contributed by atoms with Crippen LogP contribution in [0.15, 0.2) is 10.6 Å². The number of rotatable bonds is 3. The molecular formula is C9H11Cl2NO2. The summed E-state index contributed by atoms with van der Waals surface area (Å²) in [5, 5.41) is 0. The second-order valence-electron chi connectivity index (χ2n) is 3.16. The van der Waals surface area contributed by atoms with E-state index in [9.17, 15) is 9.59 Å². The molecule has 0 N–H and O–H groups in total. The number of nitrogens with zero attached hydrogens (tertiary/aromatic N) is 1. The standard InChI is InChI=1S/C9H11Cl2NO2/c10-8(11)5-7(13)6-9(14)12-3-1-2-4-12/h5H,1-4,6H2. The van der Waals surface area contributed by atoms with Gasteiger partial charge in [-0.25, -0.2) is 0 Å². The van der Waals surface area contributed by atoms with Gasteiger partial charge in [0.05, 0.1) is 6.42 Å². The lowest BCUT2D eigenvalue weighted by Gasteiger charge is -2.13. The molecule has 1 fully saturated rings. The average molecular weight is 236 g/mol. The van der Waals surface area contributed by atoms with Crippen LogP contribution in [0, 0.1) is 0 Å². The Morgan fingerprint density at radius 3 is 2.29 bits per heavy atom. The Labute approximate surface area is 92.7 Å². The van der Waals surface area contributed by atoms with E-state index >= 15 is 0 Å². The quantitative estimate of drug-likeness (QED) is 0.554. The van der Waals surface area contributed by atoms with Crippen LogP contribution in [-0.2, 0) is 9.59 Å².